The number of aliphatic hydroxyl groups excluding tert-OH is 1. The minimum absolute atomic E-state index is 0.219. The lowest BCUT2D eigenvalue weighted by Gasteiger charge is -2.19. The Balaban J connectivity index is 2.45. The van der Waals surface area contributed by atoms with Crippen LogP contribution in [-0.4, -0.2) is 36.2 Å². The Morgan fingerprint density at radius 3 is 2.60 bits per heavy atom. The molecule has 3 heteroatoms. The molecular weight excluding hydrogens is 210 g/mol. The maximum Gasteiger partial charge on any atom is 0.0558 e. The van der Waals surface area contributed by atoms with Gasteiger partial charge in [0, 0.05) is 18.1 Å². The van der Waals surface area contributed by atoms with Gasteiger partial charge in [0.25, 0.3) is 0 Å². The van der Waals surface area contributed by atoms with E-state index in [2.05, 4.69) is 17.9 Å². The average molecular weight is 228 g/mol. The molecule has 2 nitrogen and oxygen atoms in total. The van der Waals surface area contributed by atoms with E-state index in [-0.39, 0.29) is 6.61 Å². The molecule has 0 radical (unpaired) electrons. The first-order chi connectivity index (χ1) is 7.27. The molecule has 1 aromatic rings. The van der Waals surface area contributed by atoms with Crippen molar-refractivity contribution in [3.05, 3.63) is 34.9 Å². The van der Waals surface area contributed by atoms with Crippen LogP contribution in [0.25, 0.3) is 0 Å². The number of halogens is 1. The number of likely N-dealkylation sites (N-methyl/N-ethyl adjacent to an activating group) is 1. The highest BCUT2D eigenvalue weighted by Crippen LogP contribution is 2.15. The van der Waals surface area contributed by atoms with Crippen LogP contribution < -0.4 is 0 Å². The lowest BCUT2D eigenvalue weighted by molar-refractivity contribution is 0.203. The Bertz CT molecular complexity index is 291. The minimum Gasteiger partial charge on any atom is -0.395 e. The standard InChI is InChI=1S/C12H18ClNO/c1-2-14(9-10-15)8-7-11-5-3-4-6-12(11)13/h3-6,15H,2,7-10H2,1H3. The van der Waals surface area contributed by atoms with Gasteiger partial charge in [-0.2, -0.15) is 0 Å². The van der Waals surface area contributed by atoms with Crippen LogP contribution in [0.3, 0.4) is 0 Å². The lowest BCUT2D eigenvalue weighted by atomic mass is 10.1. The van der Waals surface area contributed by atoms with Crippen molar-refractivity contribution in [3.8, 4) is 0 Å². The summed E-state index contributed by atoms with van der Waals surface area (Å²) in [5.74, 6) is 0. The zero-order chi connectivity index (χ0) is 11.1. The Labute approximate surface area is 96.5 Å². The Kier molecular flexibility index (Phi) is 5.69. The van der Waals surface area contributed by atoms with E-state index in [0.29, 0.717) is 0 Å². The Morgan fingerprint density at radius 2 is 2.00 bits per heavy atom. The van der Waals surface area contributed by atoms with Gasteiger partial charge >= 0.3 is 0 Å². The summed E-state index contributed by atoms with van der Waals surface area (Å²) in [7, 11) is 0. The van der Waals surface area contributed by atoms with E-state index in [1.165, 1.54) is 5.56 Å². The molecule has 0 aliphatic carbocycles. The molecule has 0 fully saturated rings. The molecule has 0 atom stereocenters. The molecule has 84 valence electrons. The third kappa shape index (κ3) is 4.20. The molecule has 0 bridgehead atoms. The van der Waals surface area contributed by atoms with Crippen LogP contribution in [0.1, 0.15) is 12.5 Å². The topological polar surface area (TPSA) is 23.5 Å². The molecular formula is C12H18ClNO. The number of hydrogen-bond acceptors (Lipinski definition) is 2. The molecule has 0 aliphatic heterocycles. The lowest BCUT2D eigenvalue weighted by Crippen LogP contribution is -2.28. The van der Waals surface area contributed by atoms with Crippen molar-refractivity contribution in [2.75, 3.05) is 26.2 Å². The van der Waals surface area contributed by atoms with E-state index in [1.807, 2.05) is 18.2 Å². The molecule has 0 saturated carbocycles. The van der Waals surface area contributed by atoms with Crippen molar-refractivity contribution in [1.82, 2.24) is 4.90 Å². The number of benzene rings is 1. The third-order valence-electron chi connectivity index (χ3n) is 2.52. The summed E-state index contributed by atoms with van der Waals surface area (Å²) in [5, 5.41) is 9.68. The smallest absolute Gasteiger partial charge is 0.0558 e. The second-order valence-corrected chi connectivity index (χ2v) is 3.91. The van der Waals surface area contributed by atoms with Crippen molar-refractivity contribution in [3.63, 3.8) is 0 Å². The third-order valence-corrected chi connectivity index (χ3v) is 2.89. The van der Waals surface area contributed by atoms with Gasteiger partial charge in [-0.1, -0.05) is 36.7 Å². The second-order valence-electron chi connectivity index (χ2n) is 3.50. The second kappa shape index (κ2) is 6.83. The van der Waals surface area contributed by atoms with Gasteiger partial charge in [0.15, 0.2) is 0 Å². The van der Waals surface area contributed by atoms with Gasteiger partial charge in [0.1, 0.15) is 0 Å². The van der Waals surface area contributed by atoms with Crippen LogP contribution in [0, 0.1) is 0 Å². The largest absolute Gasteiger partial charge is 0.395 e. The normalized spacial score (nSPS) is 10.9. The van der Waals surface area contributed by atoms with Gasteiger partial charge in [0.05, 0.1) is 6.61 Å². The number of rotatable bonds is 6. The summed E-state index contributed by atoms with van der Waals surface area (Å²) >= 11 is 6.06. The van der Waals surface area contributed by atoms with Crippen LogP contribution in [-0.2, 0) is 6.42 Å². The minimum atomic E-state index is 0.219. The summed E-state index contributed by atoms with van der Waals surface area (Å²) in [6.07, 6.45) is 0.938. The Morgan fingerprint density at radius 1 is 1.27 bits per heavy atom. The number of hydrogen-bond donors (Lipinski definition) is 1. The molecule has 0 aliphatic rings. The molecule has 1 N–H and O–H groups in total. The van der Waals surface area contributed by atoms with Gasteiger partial charge in [-0.15, -0.1) is 0 Å². The Hall–Kier alpha value is -0.570. The van der Waals surface area contributed by atoms with E-state index >= 15 is 0 Å². The monoisotopic (exact) mass is 227 g/mol. The van der Waals surface area contributed by atoms with E-state index in [1.54, 1.807) is 0 Å². The SMILES string of the molecule is CCN(CCO)CCc1ccccc1Cl. The first kappa shape index (κ1) is 12.5. The summed E-state index contributed by atoms with van der Waals surface area (Å²) in [6.45, 7) is 4.96. The summed E-state index contributed by atoms with van der Waals surface area (Å²) in [4.78, 5) is 2.21. The maximum absolute atomic E-state index is 8.85. The van der Waals surface area contributed by atoms with Crippen LogP contribution >= 0.6 is 11.6 Å². The van der Waals surface area contributed by atoms with Crippen LogP contribution in [0.5, 0.6) is 0 Å². The summed E-state index contributed by atoms with van der Waals surface area (Å²) < 4.78 is 0. The van der Waals surface area contributed by atoms with E-state index in [4.69, 9.17) is 16.7 Å². The average Bonchev–Trinajstić information content (AvgIpc) is 2.26. The summed E-state index contributed by atoms with van der Waals surface area (Å²) in [5.41, 5.74) is 1.18. The van der Waals surface area contributed by atoms with Crippen LogP contribution in [0.4, 0.5) is 0 Å². The van der Waals surface area contributed by atoms with Crippen molar-refractivity contribution in [2.24, 2.45) is 0 Å². The molecule has 0 aromatic heterocycles. The molecule has 1 rings (SSSR count). The van der Waals surface area contributed by atoms with Crippen molar-refractivity contribution in [2.45, 2.75) is 13.3 Å². The molecule has 0 heterocycles. The van der Waals surface area contributed by atoms with Crippen molar-refractivity contribution >= 4 is 11.6 Å². The molecule has 0 saturated heterocycles. The van der Waals surface area contributed by atoms with Crippen LogP contribution in [0.2, 0.25) is 5.02 Å². The fraction of sp³-hybridized carbons (Fsp3) is 0.500. The zero-order valence-electron chi connectivity index (χ0n) is 9.12. The summed E-state index contributed by atoms with van der Waals surface area (Å²) in [6, 6.07) is 7.91. The molecule has 0 amide bonds. The molecule has 0 unspecified atom stereocenters. The number of nitrogens with zero attached hydrogens (tertiary/aromatic N) is 1. The van der Waals surface area contributed by atoms with E-state index in [0.717, 1.165) is 31.1 Å². The molecule has 15 heavy (non-hydrogen) atoms. The highest BCUT2D eigenvalue weighted by molar-refractivity contribution is 6.31. The van der Waals surface area contributed by atoms with Crippen molar-refractivity contribution < 1.29 is 5.11 Å². The first-order valence-electron chi connectivity index (χ1n) is 5.34. The van der Waals surface area contributed by atoms with Gasteiger partial charge in [-0.25, -0.2) is 0 Å². The van der Waals surface area contributed by atoms with E-state index in [9.17, 15) is 0 Å². The highest BCUT2D eigenvalue weighted by atomic mass is 35.5. The quantitative estimate of drug-likeness (QED) is 0.806. The van der Waals surface area contributed by atoms with Gasteiger partial charge < -0.3 is 10.0 Å². The molecule has 1 aromatic carbocycles. The predicted octanol–water partition coefficient (Wildman–Crippen LogP) is 2.20. The fourth-order valence-electron chi connectivity index (χ4n) is 1.55. The zero-order valence-corrected chi connectivity index (χ0v) is 9.87. The van der Waals surface area contributed by atoms with Gasteiger partial charge in [-0.05, 0) is 24.6 Å². The van der Waals surface area contributed by atoms with E-state index < -0.39 is 0 Å². The first-order valence-corrected chi connectivity index (χ1v) is 5.72. The predicted molar refractivity (Wildman–Crippen MR) is 64.4 cm³/mol. The van der Waals surface area contributed by atoms with Gasteiger partial charge in [-0.3, -0.25) is 0 Å². The van der Waals surface area contributed by atoms with Gasteiger partial charge in [0.2, 0.25) is 0 Å². The molecule has 0 spiro atoms. The maximum atomic E-state index is 8.85. The highest BCUT2D eigenvalue weighted by Gasteiger charge is 2.03. The van der Waals surface area contributed by atoms with Crippen molar-refractivity contribution in [1.29, 1.82) is 0 Å². The number of aliphatic hydroxyl groups is 1. The van der Waals surface area contributed by atoms with Crippen LogP contribution in [0.15, 0.2) is 24.3 Å². The fourth-order valence-corrected chi connectivity index (χ4v) is 1.78.